The molecule has 0 saturated heterocycles. The molecule has 88 valence electrons. The van der Waals surface area contributed by atoms with Gasteiger partial charge < -0.3 is 10.0 Å². The molecule has 0 unspecified atom stereocenters. The Labute approximate surface area is 108 Å². The second kappa shape index (κ2) is 5.51. The second-order valence-electron chi connectivity index (χ2n) is 3.55. The van der Waals surface area contributed by atoms with Crippen LogP contribution >= 0.6 is 15.9 Å². The van der Waals surface area contributed by atoms with Gasteiger partial charge in [0.1, 0.15) is 17.4 Å². The van der Waals surface area contributed by atoms with E-state index in [1.165, 1.54) is 0 Å². The minimum atomic E-state index is -0.312. The molecule has 0 aliphatic heterocycles. The van der Waals surface area contributed by atoms with Gasteiger partial charge in [-0.3, -0.25) is 4.79 Å². The standard InChI is InChI=1S/C12H11BrN2O2/c1-15(2)11-4-3-9(13)5-10(11)12(17)8(6-14)7-16/h3-5,7,17H,1-2H3/b12-8+. The zero-order chi connectivity index (χ0) is 13.0. The van der Waals surface area contributed by atoms with Crippen LogP contribution in [0.5, 0.6) is 0 Å². The highest BCUT2D eigenvalue weighted by Crippen LogP contribution is 2.29. The molecule has 1 N–H and O–H groups in total. The van der Waals surface area contributed by atoms with Crippen LogP contribution in [0.15, 0.2) is 28.2 Å². The first-order chi connectivity index (χ1) is 8.01. The summed E-state index contributed by atoms with van der Waals surface area (Å²) >= 11 is 3.28. The van der Waals surface area contributed by atoms with Gasteiger partial charge in [0.25, 0.3) is 0 Å². The second-order valence-corrected chi connectivity index (χ2v) is 4.46. The van der Waals surface area contributed by atoms with Crippen molar-refractivity contribution < 1.29 is 9.90 Å². The van der Waals surface area contributed by atoms with Gasteiger partial charge in [0, 0.05) is 29.8 Å². The molecule has 0 heterocycles. The summed E-state index contributed by atoms with van der Waals surface area (Å²) in [6.07, 6.45) is 0.343. The van der Waals surface area contributed by atoms with E-state index in [1.54, 1.807) is 23.1 Å². The average Bonchev–Trinajstić information content (AvgIpc) is 2.29. The predicted molar refractivity (Wildman–Crippen MR) is 69.7 cm³/mol. The summed E-state index contributed by atoms with van der Waals surface area (Å²) in [5.41, 5.74) is 0.875. The zero-order valence-electron chi connectivity index (χ0n) is 9.44. The van der Waals surface area contributed by atoms with E-state index in [0.29, 0.717) is 11.8 Å². The number of anilines is 1. The fourth-order valence-corrected chi connectivity index (χ4v) is 1.73. The minimum Gasteiger partial charge on any atom is -0.506 e. The molecule has 0 amide bonds. The van der Waals surface area contributed by atoms with Gasteiger partial charge in [-0.2, -0.15) is 5.26 Å². The molecule has 0 aliphatic rings. The van der Waals surface area contributed by atoms with Gasteiger partial charge >= 0.3 is 0 Å². The van der Waals surface area contributed by atoms with Crippen molar-refractivity contribution >= 4 is 33.7 Å². The lowest BCUT2D eigenvalue weighted by Crippen LogP contribution is -2.11. The lowest BCUT2D eigenvalue weighted by Gasteiger charge is -2.17. The molecule has 0 aromatic heterocycles. The Kier molecular flexibility index (Phi) is 4.30. The van der Waals surface area contributed by atoms with E-state index in [-0.39, 0.29) is 11.3 Å². The number of allylic oxidation sites excluding steroid dienone is 1. The van der Waals surface area contributed by atoms with E-state index in [9.17, 15) is 9.90 Å². The number of aldehydes is 1. The van der Waals surface area contributed by atoms with E-state index < -0.39 is 0 Å². The molecular formula is C12H11BrN2O2. The normalized spacial score (nSPS) is 11.4. The Balaban J connectivity index is 3.50. The van der Waals surface area contributed by atoms with E-state index in [1.807, 2.05) is 20.2 Å². The van der Waals surface area contributed by atoms with Gasteiger partial charge in [0.05, 0.1) is 0 Å². The van der Waals surface area contributed by atoms with Crippen LogP contribution in [0.1, 0.15) is 5.56 Å². The van der Waals surface area contributed by atoms with Crippen molar-refractivity contribution in [3.63, 3.8) is 0 Å². The van der Waals surface area contributed by atoms with Gasteiger partial charge in [-0.15, -0.1) is 0 Å². The van der Waals surface area contributed by atoms with Crippen molar-refractivity contribution in [1.29, 1.82) is 5.26 Å². The van der Waals surface area contributed by atoms with Crippen LogP contribution < -0.4 is 4.90 Å². The van der Waals surface area contributed by atoms with Gasteiger partial charge in [-0.05, 0) is 18.2 Å². The number of nitrogens with zero attached hydrogens (tertiary/aromatic N) is 2. The average molecular weight is 295 g/mol. The number of carbonyl (C=O) groups is 1. The third kappa shape index (κ3) is 2.86. The highest BCUT2D eigenvalue weighted by atomic mass is 79.9. The maximum atomic E-state index is 10.7. The molecule has 5 heteroatoms. The Hall–Kier alpha value is -1.80. The van der Waals surface area contributed by atoms with E-state index in [2.05, 4.69) is 15.9 Å². The quantitative estimate of drug-likeness (QED) is 0.403. The van der Waals surface area contributed by atoms with Crippen molar-refractivity contribution in [2.75, 3.05) is 19.0 Å². The van der Waals surface area contributed by atoms with Crippen LogP contribution in [0.4, 0.5) is 5.69 Å². The Morgan fingerprint density at radius 1 is 1.53 bits per heavy atom. The maximum Gasteiger partial charge on any atom is 0.164 e. The van der Waals surface area contributed by atoms with Gasteiger partial charge in [-0.25, -0.2) is 0 Å². The third-order valence-corrected chi connectivity index (χ3v) is 2.68. The molecule has 0 spiro atoms. The third-order valence-electron chi connectivity index (χ3n) is 2.19. The number of aliphatic hydroxyl groups excluding tert-OH is 1. The van der Waals surface area contributed by atoms with Crippen LogP contribution in [-0.2, 0) is 4.79 Å². The van der Waals surface area contributed by atoms with Crippen LogP contribution in [-0.4, -0.2) is 25.5 Å². The number of hydrogen-bond donors (Lipinski definition) is 1. The van der Waals surface area contributed by atoms with Crippen LogP contribution in [0.2, 0.25) is 0 Å². The monoisotopic (exact) mass is 294 g/mol. The van der Waals surface area contributed by atoms with Crippen molar-refractivity contribution in [3.05, 3.63) is 33.8 Å². The van der Waals surface area contributed by atoms with Gasteiger partial charge in [0.2, 0.25) is 0 Å². The fourth-order valence-electron chi connectivity index (χ4n) is 1.37. The lowest BCUT2D eigenvalue weighted by atomic mass is 10.1. The van der Waals surface area contributed by atoms with Crippen LogP contribution in [0.3, 0.4) is 0 Å². The number of rotatable bonds is 3. The fraction of sp³-hybridized carbons (Fsp3) is 0.167. The molecule has 1 aromatic carbocycles. The molecular weight excluding hydrogens is 284 g/mol. The first-order valence-electron chi connectivity index (χ1n) is 4.77. The topological polar surface area (TPSA) is 64.3 Å². The van der Waals surface area contributed by atoms with E-state index >= 15 is 0 Å². The lowest BCUT2D eigenvalue weighted by molar-refractivity contribution is -0.104. The van der Waals surface area contributed by atoms with Crippen molar-refractivity contribution in [3.8, 4) is 6.07 Å². The van der Waals surface area contributed by atoms with Crippen LogP contribution in [0, 0.1) is 11.3 Å². The van der Waals surface area contributed by atoms with E-state index in [4.69, 9.17) is 5.26 Å². The number of halogens is 1. The highest BCUT2D eigenvalue weighted by Gasteiger charge is 2.13. The minimum absolute atomic E-state index is 0.286. The number of carbonyl (C=O) groups excluding carboxylic acids is 1. The summed E-state index contributed by atoms with van der Waals surface area (Å²) in [7, 11) is 3.62. The Bertz CT molecular complexity index is 516. The first kappa shape index (κ1) is 13.3. The summed E-state index contributed by atoms with van der Waals surface area (Å²) in [4.78, 5) is 12.4. The van der Waals surface area contributed by atoms with Gasteiger partial charge in [0.15, 0.2) is 6.29 Å². The molecule has 0 fully saturated rings. The number of nitriles is 1. The predicted octanol–water partition coefficient (Wildman–Crippen LogP) is 2.51. The molecule has 17 heavy (non-hydrogen) atoms. The molecule has 0 radical (unpaired) electrons. The first-order valence-corrected chi connectivity index (χ1v) is 5.56. The van der Waals surface area contributed by atoms with Crippen molar-refractivity contribution in [2.45, 2.75) is 0 Å². The van der Waals surface area contributed by atoms with Crippen molar-refractivity contribution in [2.24, 2.45) is 0 Å². The Morgan fingerprint density at radius 3 is 2.65 bits per heavy atom. The summed E-state index contributed by atoms with van der Waals surface area (Å²) in [6.45, 7) is 0. The van der Waals surface area contributed by atoms with Crippen molar-refractivity contribution in [1.82, 2.24) is 0 Å². The van der Waals surface area contributed by atoms with Crippen LogP contribution in [0.25, 0.3) is 5.76 Å². The van der Waals surface area contributed by atoms with E-state index in [0.717, 1.165) is 10.2 Å². The number of benzene rings is 1. The summed E-state index contributed by atoms with van der Waals surface area (Å²) in [6, 6.07) is 6.93. The molecule has 0 saturated carbocycles. The summed E-state index contributed by atoms with van der Waals surface area (Å²) < 4.78 is 0.757. The molecule has 0 atom stereocenters. The summed E-state index contributed by atoms with van der Waals surface area (Å²) in [5.74, 6) is -0.312. The molecule has 1 rings (SSSR count). The number of hydrogen-bond acceptors (Lipinski definition) is 4. The smallest absolute Gasteiger partial charge is 0.164 e. The van der Waals surface area contributed by atoms with Gasteiger partial charge in [-0.1, -0.05) is 15.9 Å². The molecule has 1 aromatic rings. The molecule has 4 nitrogen and oxygen atoms in total. The zero-order valence-corrected chi connectivity index (χ0v) is 11.0. The largest absolute Gasteiger partial charge is 0.506 e. The SMILES string of the molecule is CN(C)c1ccc(Br)cc1/C(O)=C(/C#N)C=O. The number of aliphatic hydroxyl groups is 1. The summed E-state index contributed by atoms with van der Waals surface area (Å²) in [5, 5.41) is 18.6. The molecule has 0 aliphatic carbocycles. The Morgan fingerprint density at radius 2 is 2.18 bits per heavy atom. The maximum absolute atomic E-state index is 10.7. The highest BCUT2D eigenvalue weighted by molar-refractivity contribution is 9.10. The molecule has 0 bridgehead atoms.